The van der Waals surface area contributed by atoms with E-state index in [0.29, 0.717) is 0 Å². The Labute approximate surface area is 95.1 Å². The van der Waals surface area contributed by atoms with Crippen LogP contribution in [-0.4, -0.2) is 72.5 Å². The van der Waals surface area contributed by atoms with Crippen molar-refractivity contribution in [3.8, 4) is 0 Å². The van der Waals surface area contributed by atoms with Crippen LogP contribution in [0.1, 0.15) is 2.85 Å². The Morgan fingerprint density at radius 2 is 1.25 bits per heavy atom. The first-order valence-electron chi connectivity index (χ1n) is 0. The molecule has 0 heterocycles. The van der Waals surface area contributed by atoms with Crippen LogP contribution >= 0.6 is 0 Å². The SMILES string of the molecule is F.[Ba+2].[Cu].[H-].[H-].[TeH2]. The van der Waals surface area contributed by atoms with Crippen molar-refractivity contribution in [3.63, 3.8) is 0 Å². The molecular formula is H5BaCuFTe. The standard InChI is InChI=1S/Ba.Cu.FH.H2Te.2H/h;;1H;1H2;;/q+2;;;;2*-1. The van der Waals surface area contributed by atoms with E-state index in [9.17, 15) is 0 Å². The van der Waals surface area contributed by atoms with Crippen LogP contribution in [0.5, 0.6) is 0 Å². The quantitative estimate of drug-likeness (QED) is 0.495. The molecule has 0 N–H and O–H groups in total. The minimum atomic E-state index is 0. The summed E-state index contributed by atoms with van der Waals surface area (Å²) in [5.74, 6) is 0. The van der Waals surface area contributed by atoms with E-state index in [0.717, 1.165) is 0 Å². The fraction of sp³-hybridized carbons (Fsp3) is 0. The summed E-state index contributed by atoms with van der Waals surface area (Å²) in [6.07, 6.45) is 0. The van der Waals surface area contributed by atoms with E-state index in [4.69, 9.17) is 0 Å². The second-order valence-electron chi connectivity index (χ2n) is 0. The Balaban J connectivity index is 0. The monoisotopic (exact) mass is 355 g/mol. The first-order valence-corrected chi connectivity index (χ1v) is 0. The summed E-state index contributed by atoms with van der Waals surface area (Å²) >= 11 is 0. The zero-order chi connectivity index (χ0) is 0. The van der Waals surface area contributed by atoms with Crippen molar-refractivity contribution in [2.24, 2.45) is 0 Å². The van der Waals surface area contributed by atoms with Crippen molar-refractivity contribution in [1.82, 2.24) is 0 Å². The van der Waals surface area contributed by atoms with Gasteiger partial charge in [0.2, 0.25) is 0 Å². The fourth-order valence-electron chi connectivity index (χ4n) is 0. The maximum atomic E-state index is 0. The number of halogens is 1. The van der Waals surface area contributed by atoms with Crippen LogP contribution < -0.4 is 0 Å². The second kappa shape index (κ2) is 17.0. The summed E-state index contributed by atoms with van der Waals surface area (Å²) < 4.78 is 0. The molecule has 0 amide bonds. The van der Waals surface area contributed by atoms with E-state index < -0.39 is 0 Å². The van der Waals surface area contributed by atoms with Crippen molar-refractivity contribution >= 4 is 72.5 Å². The van der Waals surface area contributed by atoms with Crippen LogP contribution in [0.4, 0.5) is 4.70 Å². The van der Waals surface area contributed by atoms with E-state index in [1.807, 2.05) is 0 Å². The molecule has 0 aliphatic heterocycles. The number of hydrogen-bond donors (Lipinski definition) is 0. The molecule has 0 rings (SSSR count). The van der Waals surface area contributed by atoms with E-state index in [-0.39, 0.29) is 97.2 Å². The van der Waals surface area contributed by atoms with Gasteiger partial charge < -0.3 is 2.85 Å². The van der Waals surface area contributed by atoms with Crippen molar-refractivity contribution in [2.45, 2.75) is 0 Å². The van der Waals surface area contributed by atoms with Crippen LogP contribution in [-0.2, 0) is 17.1 Å². The molecule has 0 saturated carbocycles. The molecule has 0 nitrogen and oxygen atoms in total. The van der Waals surface area contributed by atoms with Crippen LogP contribution in [0.15, 0.2) is 0 Å². The van der Waals surface area contributed by atoms with E-state index in [2.05, 4.69) is 0 Å². The first kappa shape index (κ1) is 29.1. The third-order valence-corrected chi connectivity index (χ3v) is 0. The molecule has 0 aliphatic carbocycles. The molecule has 0 aliphatic rings. The average molecular weight is 353 g/mol. The van der Waals surface area contributed by atoms with Crippen LogP contribution in [0, 0.1) is 0 Å². The van der Waals surface area contributed by atoms with Gasteiger partial charge in [0, 0.05) is 17.1 Å². The zero-order valence-electron chi connectivity index (χ0n) is 3.92. The molecular weight excluding hydrogens is 347 g/mol. The van der Waals surface area contributed by atoms with Gasteiger partial charge in [0.15, 0.2) is 0 Å². The summed E-state index contributed by atoms with van der Waals surface area (Å²) in [7, 11) is 0. The zero-order valence-corrected chi connectivity index (χ0v) is 10.2. The van der Waals surface area contributed by atoms with Gasteiger partial charge in [-0.2, -0.15) is 0 Å². The van der Waals surface area contributed by atoms with Gasteiger partial charge >= 0.3 is 72.5 Å². The van der Waals surface area contributed by atoms with Crippen molar-refractivity contribution < 1.29 is 24.6 Å². The summed E-state index contributed by atoms with van der Waals surface area (Å²) in [4.78, 5) is 0. The van der Waals surface area contributed by atoms with Gasteiger partial charge in [0.05, 0.1) is 0 Å². The summed E-state index contributed by atoms with van der Waals surface area (Å²) in [6, 6.07) is 0. The fourth-order valence-corrected chi connectivity index (χ4v) is 0. The molecule has 0 atom stereocenters. The van der Waals surface area contributed by atoms with Gasteiger partial charge in [-0.1, -0.05) is 0 Å². The Morgan fingerprint density at radius 3 is 1.25 bits per heavy atom. The van der Waals surface area contributed by atoms with Crippen molar-refractivity contribution in [1.29, 1.82) is 0 Å². The molecule has 4 heteroatoms. The van der Waals surface area contributed by atoms with E-state index in [1.54, 1.807) is 0 Å². The first-order chi connectivity index (χ1) is 0. The minimum absolute atomic E-state index is 0. The number of hydrogen-bond acceptors (Lipinski definition) is 0. The molecule has 0 aromatic carbocycles. The Kier molecular flexibility index (Phi) is 124. The molecule has 0 unspecified atom stereocenters. The third-order valence-electron chi connectivity index (χ3n) is 0. The Morgan fingerprint density at radius 1 is 1.25 bits per heavy atom. The van der Waals surface area contributed by atoms with Gasteiger partial charge in [-0.15, -0.1) is 0 Å². The van der Waals surface area contributed by atoms with Gasteiger partial charge in [0.1, 0.15) is 0 Å². The molecule has 0 fully saturated rings. The van der Waals surface area contributed by atoms with Gasteiger partial charge in [0.25, 0.3) is 0 Å². The molecule has 0 bridgehead atoms. The summed E-state index contributed by atoms with van der Waals surface area (Å²) in [6.45, 7) is 0. The predicted molar refractivity (Wildman–Crippen MR) is 19.0 cm³/mol. The van der Waals surface area contributed by atoms with Crippen LogP contribution in [0.3, 0.4) is 0 Å². The number of rotatable bonds is 0. The van der Waals surface area contributed by atoms with Gasteiger partial charge in [-0.3, -0.25) is 4.70 Å². The van der Waals surface area contributed by atoms with Gasteiger partial charge in [-0.05, 0) is 0 Å². The normalized spacial score (nSPS) is 0. The van der Waals surface area contributed by atoms with Crippen LogP contribution in [0.2, 0.25) is 0 Å². The molecule has 4 heavy (non-hydrogen) atoms. The molecule has 31 valence electrons. The molecule has 0 aromatic heterocycles. The van der Waals surface area contributed by atoms with Crippen molar-refractivity contribution in [2.75, 3.05) is 0 Å². The Bertz CT molecular complexity index is 13.5. The Hall–Kier alpha value is 2.81. The topological polar surface area (TPSA) is 0 Å². The molecule has 0 spiro atoms. The third kappa shape index (κ3) is 8.84. The summed E-state index contributed by atoms with van der Waals surface area (Å²) in [5.41, 5.74) is 0. The van der Waals surface area contributed by atoms with Crippen molar-refractivity contribution in [3.05, 3.63) is 0 Å². The van der Waals surface area contributed by atoms with E-state index >= 15 is 0 Å². The van der Waals surface area contributed by atoms with E-state index in [1.165, 1.54) is 0 Å². The summed E-state index contributed by atoms with van der Waals surface area (Å²) in [5, 5.41) is 0. The molecule has 0 aromatic rings. The van der Waals surface area contributed by atoms with Gasteiger partial charge in [-0.25, -0.2) is 0 Å². The van der Waals surface area contributed by atoms with Crippen LogP contribution in [0.25, 0.3) is 0 Å². The predicted octanol–water partition coefficient (Wildman–Crippen LogP) is -0.922. The molecule has 1 radical (unpaired) electrons. The second-order valence-corrected chi connectivity index (χ2v) is 0. The molecule has 0 saturated heterocycles. The maximum absolute atomic E-state index is 0. The average Bonchev–Trinajstić information content (AvgIpc) is 0.